The van der Waals surface area contributed by atoms with Crippen LogP contribution in [-0.2, 0) is 0 Å². The molecule has 0 heterocycles. The van der Waals surface area contributed by atoms with Gasteiger partial charge in [-0.3, -0.25) is 0 Å². The fourth-order valence-corrected chi connectivity index (χ4v) is 3.84. The van der Waals surface area contributed by atoms with E-state index in [-0.39, 0.29) is 0 Å². The average Bonchev–Trinajstić information content (AvgIpc) is 2.73. The summed E-state index contributed by atoms with van der Waals surface area (Å²) in [6.45, 7) is 5.95. The van der Waals surface area contributed by atoms with E-state index in [0.29, 0.717) is 5.41 Å². The lowest BCUT2D eigenvalue weighted by Gasteiger charge is -2.38. The van der Waals surface area contributed by atoms with Crippen molar-refractivity contribution in [2.75, 3.05) is 20.6 Å². The minimum Gasteiger partial charge on any atom is -0.362 e. The van der Waals surface area contributed by atoms with Gasteiger partial charge in [0.15, 0.2) is 5.11 Å². The lowest BCUT2D eigenvalue weighted by atomic mass is 9.69. The fourth-order valence-electron chi connectivity index (χ4n) is 3.75. The lowest BCUT2D eigenvalue weighted by molar-refractivity contribution is 0.124. The Kier molecular flexibility index (Phi) is 3.17. The molecule has 0 amide bonds. The van der Waals surface area contributed by atoms with Crippen molar-refractivity contribution in [2.45, 2.75) is 33.1 Å². The second-order valence-electron chi connectivity index (χ2n) is 6.28. The van der Waals surface area contributed by atoms with Gasteiger partial charge in [-0.05, 0) is 54.6 Å². The average molecular weight is 240 g/mol. The van der Waals surface area contributed by atoms with Gasteiger partial charge >= 0.3 is 0 Å². The van der Waals surface area contributed by atoms with Crippen molar-refractivity contribution in [3.63, 3.8) is 0 Å². The second kappa shape index (κ2) is 4.17. The van der Waals surface area contributed by atoms with E-state index in [1.54, 1.807) is 0 Å². The van der Waals surface area contributed by atoms with E-state index in [2.05, 4.69) is 19.2 Å². The van der Waals surface area contributed by atoms with E-state index in [1.807, 2.05) is 19.0 Å². The highest BCUT2D eigenvalue weighted by molar-refractivity contribution is 7.80. The molecule has 0 radical (unpaired) electrons. The van der Waals surface area contributed by atoms with Crippen LogP contribution in [0.2, 0.25) is 0 Å². The van der Waals surface area contributed by atoms with Crippen LogP contribution >= 0.6 is 12.2 Å². The number of nitrogens with one attached hydrogen (secondary N) is 1. The zero-order chi connectivity index (χ0) is 11.9. The molecular weight excluding hydrogens is 216 g/mol. The SMILES string of the molecule is CN(C)C(=S)NC[C@H]1[C@@H]2CC[C@@H](C2)C1(C)C. The summed E-state index contributed by atoms with van der Waals surface area (Å²) in [7, 11) is 4.00. The predicted molar refractivity (Wildman–Crippen MR) is 72.4 cm³/mol. The monoisotopic (exact) mass is 240 g/mol. The molecular formula is C13H24N2S. The molecule has 92 valence electrons. The summed E-state index contributed by atoms with van der Waals surface area (Å²) in [5.74, 6) is 2.71. The first-order valence-corrected chi connectivity index (χ1v) is 6.79. The van der Waals surface area contributed by atoms with Crippen molar-refractivity contribution in [2.24, 2.45) is 23.2 Å². The van der Waals surface area contributed by atoms with Crippen LogP contribution in [0.25, 0.3) is 0 Å². The maximum absolute atomic E-state index is 5.29. The molecule has 0 saturated heterocycles. The summed E-state index contributed by atoms with van der Waals surface area (Å²) in [4.78, 5) is 1.98. The third-order valence-corrected chi connectivity index (χ3v) is 5.44. The fraction of sp³-hybridized carbons (Fsp3) is 0.923. The van der Waals surface area contributed by atoms with Crippen molar-refractivity contribution in [1.82, 2.24) is 10.2 Å². The summed E-state index contributed by atoms with van der Waals surface area (Å²) in [6.07, 6.45) is 4.34. The third kappa shape index (κ3) is 1.94. The topological polar surface area (TPSA) is 15.3 Å². The normalized spacial score (nSPS) is 35.1. The van der Waals surface area contributed by atoms with Crippen molar-refractivity contribution in [3.05, 3.63) is 0 Å². The van der Waals surface area contributed by atoms with Crippen LogP contribution in [0.5, 0.6) is 0 Å². The zero-order valence-electron chi connectivity index (χ0n) is 10.9. The van der Waals surface area contributed by atoms with Gasteiger partial charge in [-0.15, -0.1) is 0 Å². The molecule has 16 heavy (non-hydrogen) atoms. The van der Waals surface area contributed by atoms with Gasteiger partial charge in [0.25, 0.3) is 0 Å². The number of hydrogen-bond donors (Lipinski definition) is 1. The van der Waals surface area contributed by atoms with E-state index in [9.17, 15) is 0 Å². The van der Waals surface area contributed by atoms with E-state index in [4.69, 9.17) is 12.2 Å². The van der Waals surface area contributed by atoms with Gasteiger partial charge in [0.1, 0.15) is 0 Å². The highest BCUT2D eigenvalue weighted by Gasteiger charge is 2.52. The Labute approximate surface area is 105 Å². The zero-order valence-corrected chi connectivity index (χ0v) is 11.7. The molecule has 3 atom stereocenters. The lowest BCUT2D eigenvalue weighted by Crippen LogP contribution is -2.43. The number of thiocarbonyl (C=S) groups is 1. The molecule has 0 spiro atoms. The third-order valence-electron chi connectivity index (χ3n) is 4.93. The van der Waals surface area contributed by atoms with Crippen LogP contribution in [0.4, 0.5) is 0 Å². The number of rotatable bonds is 2. The largest absolute Gasteiger partial charge is 0.362 e. The molecule has 3 heteroatoms. The summed E-state index contributed by atoms with van der Waals surface area (Å²) in [5, 5.41) is 4.30. The molecule has 0 aromatic rings. The van der Waals surface area contributed by atoms with Crippen molar-refractivity contribution >= 4 is 17.3 Å². The van der Waals surface area contributed by atoms with Crippen molar-refractivity contribution in [3.8, 4) is 0 Å². The number of nitrogens with zero attached hydrogens (tertiary/aromatic N) is 1. The van der Waals surface area contributed by atoms with Crippen LogP contribution in [0, 0.1) is 23.2 Å². The van der Waals surface area contributed by atoms with E-state index in [1.165, 1.54) is 19.3 Å². The summed E-state index contributed by atoms with van der Waals surface area (Å²) < 4.78 is 0. The Balaban J connectivity index is 1.93. The molecule has 2 nitrogen and oxygen atoms in total. The highest BCUT2D eigenvalue weighted by Crippen LogP contribution is 2.58. The minimum atomic E-state index is 0.512. The highest BCUT2D eigenvalue weighted by atomic mass is 32.1. The molecule has 0 aromatic carbocycles. The van der Waals surface area contributed by atoms with Crippen LogP contribution < -0.4 is 5.32 Å². The van der Waals surface area contributed by atoms with E-state index in [0.717, 1.165) is 29.4 Å². The molecule has 2 rings (SSSR count). The first-order chi connectivity index (χ1) is 7.43. The number of hydrogen-bond acceptors (Lipinski definition) is 1. The first-order valence-electron chi connectivity index (χ1n) is 6.38. The predicted octanol–water partition coefficient (Wildman–Crippen LogP) is 2.49. The molecule has 0 aliphatic heterocycles. The van der Waals surface area contributed by atoms with Gasteiger partial charge < -0.3 is 10.2 Å². The Morgan fingerprint density at radius 2 is 2.06 bits per heavy atom. The molecule has 2 aliphatic rings. The molecule has 0 unspecified atom stereocenters. The van der Waals surface area contributed by atoms with Gasteiger partial charge in [0.05, 0.1) is 0 Å². The quantitative estimate of drug-likeness (QED) is 0.747. The van der Waals surface area contributed by atoms with Gasteiger partial charge in [0.2, 0.25) is 0 Å². The Bertz CT molecular complexity index is 286. The van der Waals surface area contributed by atoms with Gasteiger partial charge in [-0.1, -0.05) is 13.8 Å². The maximum Gasteiger partial charge on any atom is 0.168 e. The Morgan fingerprint density at radius 3 is 2.56 bits per heavy atom. The molecule has 2 aliphatic carbocycles. The van der Waals surface area contributed by atoms with Crippen molar-refractivity contribution < 1.29 is 0 Å². The smallest absolute Gasteiger partial charge is 0.168 e. The number of fused-ring (bicyclic) bond motifs is 2. The van der Waals surface area contributed by atoms with E-state index < -0.39 is 0 Å². The second-order valence-corrected chi connectivity index (χ2v) is 6.67. The Hall–Kier alpha value is -0.310. The van der Waals surface area contributed by atoms with Crippen LogP contribution in [0.3, 0.4) is 0 Å². The molecule has 1 N–H and O–H groups in total. The van der Waals surface area contributed by atoms with Gasteiger partial charge in [0, 0.05) is 20.6 Å². The van der Waals surface area contributed by atoms with Crippen LogP contribution in [-0.4, -0.2) is 30.7 Å². The maximum atomic E-state index is 5.29. The molecule has 2 fully saturated rings. The minimum absolute atomic E-state index is 0.512. The molecule has 0 aromatic heterocycles. The van der Waals surface area contributed by atoms with Gasteiger partial charge in [-0.25, -0.2) is 0 Å². The summed E-state index contributed by atoms with van der Waals surface area (Å²) >= 11 is 5.29. The van der Waals surface area contributed by atoms with Crippen LogP contribution in [0.1, 0.15) is 33.1 Å². The van der Waals surface area contributed by atoms with Crippen LogP contribution in [0.15, 0.2) is 0 Å². The summed E-state index contributed by atoms with van der Waals surface area (Å²) in [5.41, 5.74) is 0.512. The molecule has 2 bridgehead atoms. The standard InChI is InChI=1S/C13H24N2S/c1-13(2)10-6-5-9(7-10)11(13)8-14-12(16)15(3)4/h9-11H,5-8H2,1-4H3,(H,14,16)/t9-,10+,11+/m1/s1. The summed E-state index contributed by atoms with van der Waals surface area (Å²) in [6, 6.07) is 0. The molecule has 2 saturated carbocycles. The van der Waals surface area contributed by atoms with Crippen molar-refractivity contribution in [1.29, 1.82) is 0 Å². The van der Waals surface area contributed by atoms with E-state index >= 15 is 0 Å². The Morgan fingerprint density at radius 1 is 1.38 bits per heavy atom. The first kappa shape index (κ1) is 12.2. The van der Waals surface area contributed by atoms with Gasteiger partial charge in [-0.2, -0.15) is 0 Å².